The SMILES string of the molecule is CN(CC1CCCO1)C(C)(CN)Cc1ccc(Br)cc1. The molecule has 0 bridgehead atoms. The Balaban J connectivity index is 2.00. The summed E-state index contributed by atoms with van der Waals surface area (Å²) in [5.74, 6) is 0. The quantitative estimate of drug-likeness (QED) is 0.865. The molecule has 0 aliphatic carbocycles. The first-order valence-corrected chi connectivity index (χ1v) is 8.10. The highest BCUT2D eigenvalue weighted by Crippen LogP contribution is 2.23. The van der Waals surface area contributed by atoms with E-state index in [2.05, 4.69) is 59.1 Å². The molecule has 1 aliphatic heterocycles. The summed E-state index contributed by atoms with van der Waals surface area (Å²) in [5.41, 5.74) is 7.36. The maximum atomic E-state index is 6.07. The van der Waals surface area contributed by atoms with Gasteiger partial charge in [0.2, 0.25) is 0 Å². The molecule has 1 aliphatic rings. The second-order valence-corrected chi connectivity index (χ2v) is 6.94. The van der Waals surface area contributed by atoms with Gasteiger partial charge in [-0.15, -0.1) is 0 Å². The van der Waals surface area contributed by atoms with Crippen molar-refractivity contribution in [3.8, 4) is 0 Å². The molecule has 4 heteroatoms. The predicted molar refractivity (Wildman–Crippen MR) is 86.9 cm³/mol. The molecule has 0 amide bonds. The van der Waals surface area contributed by atoms with E-state index in [1.54, 1.807) is 0 Å². The number of benzene rings is 1. The van der Waals surface area contributed by atoms with E-state index in [9.17, 15) is 0 Å². The number of nitrogens with two attached hydrogens (primary N) is 1. The van der Waals surface area contributed by atoms with Crippen molar-refractivity contribution in [1.82, 2.24) is 4.90 Å². The third kappa shape index (κ3) is 4.04. The largest absolute Gasteiger partial charge is 0.377 e. The van der Waals surface area contributed by atoms with Gasteiger partial charge in [-0.3, -0.25) is 4.90 Å². The van der Waals surface area contributed by atoms with Gasteiger partial charge in [0.05, 0.1) is 6.10 Å². The molecule has 20 heavy (non-hydrogen) atoms. The molecule has 0 saturated carbocycles. The fourth-order valence-electron chi connectivity index (χ4n) is 2.72. The van der Waals surface area contributed by atoms with Crippen molar-refractivity contribution in [2.75, 3.05) is 26.7 Å². The van der Waals surface area contributed by atoms with E-state index in [0.717, 1.165) is 24.0 Å². The number of halogens is 1. The van der Waals surface area contributed by atoms with Gasteiger partial charge in [-0.2, -0.15) is 0 Å². The molecule has 3 nitrogen and oxygen atoms in total. The lowest BCUT2D eigenvalue weighted by molar-refractivity contribution is 0.0433. The molecule has 2 unspecified atom stereocenters. The molecule has 2 atom stereocenters. The second kappa shape index (κ2) is 7.03. The topological polar surface area (TPSA) is 38.5 Å². The van der Waals surface area contributed by atoms with Crippen LogP contribution in [0.15, 0.2) is 28.7 Å². The molecule has 1 aromatic carbocycles. The van der Waals surface area contributed by atoms with Gasteiger partial charge in [0.1, 0.15) is 0 Å². The standard InChI is InChI=1S/C16H25BrN2O/c1-16(12-18,10-13-5-7-14(17)8-6-13)19(2)11-15-4-3-9-20-15/h5-8,15H,3-4,9-12,18H2,1-2H3. The molecule has 1 heterocycles. The minimum atomic E-state index is -0.0280. The molecule has 2 rings (SSSR count). The Morgan fingerprint density at radius 3 is 2.65 bits per heavy atom. The minimum Gasteiger partial charge on any atom is -0.377 e. The van der Waals surface area contributed by atoms with Crippen LogP contribution >= 0.6 is 15.9 Å². The van der Waals surface area contributed by atoms with Crippen molar-refractivity contribution < 1.29 is 4.74 Å². The maximum absolute atomic E-state index is 6.07. The molecule has 2 N–H and O–H groups in total. The molecular formula is C16H25BrN2O. The van der Waals surface area contributed by atoms with Gasteiger partial charge in [-0.05, 0) is 50.9 Å². The average molecular weight is 341 g/mol. The highest BCUT2D eigenvalue weighted by Gasteiger charge is 2.30. The summed E-state index contributed by atoms with van der Waals surface area (Å²) in [7, 11) is 2.16. The molecule has 0 radical (unpaired) electrons. The summed E-state index contributed by atoms with van der Waals surface area (Å²) >= 11 is 3.48. The number of rotatable bonds is 6. The molecule has 112 valence electrons. The summed E-state index contributed by atoms with van der Waals surface area (Å²) in [5, 5.41) is 0. The minimum absolute atomic E-state index is 0.0280. The van der Waals surface area contributed by atoms with E-state index in [0.29, 0.717) is 12.6 Å². The van der Waals surface area contributed by atoms with E-state index in [1.807, 2.05) is 0 Å². The molecular weight excluding hydrogens is 316 g/mol. The first-order valence-electron chi connectivity index (χ1n) is 7.31. The lowest BCUT2D eigenvalue weighted by Gasteiger charge is -2.39. The maximum Gasteiger partial charge on any atom is 0.0702 e. The summed E-state index contributed by atoms with van der Waals surface area (Å²) in [6, 6.07) is 8.51. The van der Waals surface area contributed by atoms with Crippen molar-refractivity contribution in [3.05, 3.63) is 34.3 Å². The zero-order valence-electron chi connectivity index (χ0n) is 12.4. The smallest absolute Gasteiger partial charge is 0.0702 e. The third-order valence-corrected chi connectivity index (χ3v) is 4.89. The van der Waals surface area contributed by atoms with Crippen molar-refractivity contribution in [2.24, 2.45) is 5.73 Å². The van der Waals surface area contributed by atoms with Gasteiger partial charge in [0.25, 0.3) is 0 Å². The van der Waals surface area contributed by atoms with Gasteiger partial charge < -0.3 is 10.5 Å². The highest BCUT2D eigenvalue weighted by molar-refractivity contribution is 9.10. The van der Waals surface area contributed by atoms with Crippen molar-refractivity contribution in [3.63, 3.8) is 0 Å². The average Bonchev–Trinajstić information content (AvgIpc) is 2.94. The van der Waals surface area contributed by atoms with Crippen molar-refractivity contribution >= 4 is 15.9 Å². The van der Waals surface area contributed by atoms with E-state index in [4.69, 9.17) is 10.5 Å². The van der Waals surface area contributed by atoms with Gasteiger partial charge >= 0.3 is 0 Å². The molecule has 1 fully saturated rings. The zero-order valence-corrected chi connectivity index (χ0v) is 14.0. The third-order valence-electron chi connectivity index (χ3n) is 4.36. The van der Waals surface area contributed by atoms with Crippen LogP contribution in [0.25, 0.3) is 0 Å². The van der Waals surface area contributed by atoms with Crippen LogP contribution in [0.1, 0.15) is 25.3 Å². The van der Waals surface area contributed by atoms with Gasteiger partial charge in [-0.25, -0.2) is 0 Å². The van der Waals surface area contributed by atoms with Crippen LogP contribution in [0.2, 0.25) is 0 Å². The Hall–Kier alpha value is -0.420. The first-order chi connectivity index (χ1) is 9.53. The van der Waals surface area contributed by atoms with E-state index in [-0.39, 0.29) is 5.54 Å². The normalized spacial score (nSPS) is 22.1. The Morgan fingerprint density at radius 1 is 1.40 bits per heavy atom. The second-order valence-electron chi connectivity index (χ2n) is 6.02. The highest BCUT2D eigenvalue weighted by atomic mass is 79.9. The Labute approximate surface area is 130 Å². The summed E-state index contributed by atoms with van der Waals surface area (Å²) < 4.78 is 6.85. The molecule has 1 aromatic rings. The Kier molecular flexibility index (Phi) is 5.61. The molecule has 0 aromatic heterocycles. The van der Waals surface area contributed by atoms with Gasteiger partial charge in [-0.1, -0.05) is 28.1 Å². The van der Waals surface area contributed by atoms with Crippen LogP contribution in [0.4, 0.5) is 0 Å². The fourth-order valence-corrected chi connectivity index (χ4v) is 2.98. The van der Waals surface area contributed by atoms with Gasteiger partial charge in [0.15, 0.2) is 0 Å². The monoisotopic (exact) mass is 340 g/mol. The van der Waals surface area contributed by atoms with Crippen LogP contribution in [0.3, 0.4) is 0 Å². The Morgan fingerprint density at radius 2 is 2.10 bits per heavy atom. The van der Waals surface area contributed by atoms with Crippen LogP contribution in [0.5, 0.6) is 0 Å². The first kappa shape index (κ1) is 16.0. The van der Waals surface area contributed by atoms with Crippen molar-refractivity contribution in [2.45, 2.75) is 37.8 Å². The van der Waals surface area contributed by atoms with Crippen LogP contribution in [-0.4, -0.2) is 43.3 Å². The summed E-state index contributed by atoms with van der Waals surface area (Å²) in [4.78, 5) is 2.37. The fraction of sp³-hybridized carbons (Fsp3) is 0.625. The number of likely N-dealkylation sites (N-methyl/N-ethyl adjacent to an activating group) is 1. The lowest BCUT2D eigenvalue weighted by Crippen LogP contribution is -2.53. The molecule has 1 saturated heterocycles. The molecule has 0 spiro atoms. The van der Waals surface area contributed by atoms with E-state index >= 15 is 0 Å². The van der Waals surface area contributed by atoms with Crippen molar-refractivity contribution in [1.29, 1.82) is 0 Å². The Bertz CT molecular complexity index is 417. The number of hydrogen-bond donors (Lipinski definition) is 1. The lowest BCUT2D eigenvalue weighted by atomic mass is 9.91. The summed E-state index contributed by atoms with van der Waals surface area (Å²) in [6.45, 7) is 4.76. The zero-order chi connectivity index (χ0) is 14.6. The van der Waals surface area contributed by atoms with E-state index in [1.165, 1.54) is 18.4 Å². The predicted octanol–water partition coefficient (Wildman–Crippen LogP) is 2.82. The van der Waals surface area contributed by atoms with Gasteiger partial charge in [0, 0.05) is 29.7 Å². The number of nitrogens with zero attached hydrogens (tertiary/aromatic N) is 1. The number of ether oxygens (including phenoxy) is 1. The number of hydrogen-bond acceptors (Lipinski definition) is 3. The van der Waals surface area contributed by atoms with Crippen LogP contribution in [0, 0.1) is 0 Å². The van der Waals surface area contributed by atoms with E-state index < -0.39 is 0 Å². The van der Waals surface area contributed by atoms with Crippen LogP contribution in [-0.2, 0) is 11.2 Å². The van der Waals surface area contributed by atoms with Crippen LogP contribution < -0.4 is 5.73 Å². The summed E-state index contributed by atoms with van der Waals surface area (Å²) in [6.07, 6.45) is 3.68.